The topological polar surface area (TPSA) is 70.4 Å². The number of benzene rings is 1. The number of aromatic nitrogens is 2. The Kier molecular flexibility index (Phi) is 4.84. The largest absolute Gasteiger partial charge is 0.463 e. The lowest BCUT2D eigenvalue weighted by Gasteiger charge is -2.04. The summed E-state index contributed by atoms with van der Waals surface area (Å²) in [7, 11) is 0. The second-order valence-corrected chi connectivity index (χ2v) is 6.85. The highest BCUT2D eigenvalue weighted by Gasteiger charge is 2.29. The second kappa shape index (κ2) is 7.59. The first kappa shape index (κ1) is 17.2. The number of esters is 2. The molecule has 0 amide bonds. The molecule has 1 fully saturated rings. The molecular weight excluding hydrogens is 364 g/mol. The van der Waals surface area contributed by atoms with E-state index in [4.69, 9.17) is 9.47 Å². The highest BCUT2D eigenvalue weighted by Crippen LogP contribution is 2.28. The van der Waals surface area contributed by atoms with Gasteiger partial charge in [-0.25, -0.2) is 14.3 Å². The van der Waals surface area contributed by atoms with Crippen molar-refractivity contribution in [3.63, 3.8) is 0 Å². The Labute approximate surface area is 159 Å². The summed E-state index contributed by atoms with van der Waals surface area (Å²) in [6.07, 6.45) is 4.41. The van der Waals surface area contributed by atoms with Gasteiger partial charge in [0.05, 0.1) is 17.2 Å². The quantitative estimate of drug-likeness (QED) is 0.501. The standard InChI is InChI=1S/C20H16N2O4S/c23-18(26-16-10-11-25-20(16)24)9-8-14-13-22(15-5-2-1-3-6-15)21-19(14)17-7-4-12-27-17/h1-9,12-13,16H,10-11H2/b9-8+/t16-/m1/s1. The van der Waals surface area contributed by atoms with Gasteiger partial charge < -0.3 is 9.47 Å². The van der Waals surface area contributed by atoms with E-state index in [-0.39, 0.29) is 6.61 Å². The predicted octanol–water partition coefficient (Wildman–Crippen LogP) is 3.47. The number of cyclic esters (lactones) is 1. The van der Waals surface area contributed by atoms with Gasteiger partial charge in [-0.3, -0.25) is 0 Å². The summed E-state index contributed by atoms with van der Waals surface area (Å²) >= 11 is 1.57. The lowest BCUT2D eigenvalue weighted by atomic mass is 10.2. The summed E-state index contributed by atoms with van der Waals surface area (Å²) in [6.45, 7) is 0.285. The van der Waals surface area contributed by atoms with Crippen molar-refractivity contribution in [2.24, 2.45) is 0 Å². The number of hydrogen-bond acceptors (Lipinski definition) is 6. The lowest BCUT2D eigenvalue weighted by molar-refractivity contribution is -0.156. The molecule has 4 rings (SSSR count). The van der Waals surface area contributed by atoms with E-state index in [0.717, 1.165) is 21.8 Å². The molecule has 3 aromatic rings. The van der Waals surface area contributed by atoms with Crippen LogP contribution in [0.2, 0.25) is 0 Å². The summed E-state index contributed by atoms with van der Waals surface area (Å²) in [4.78, 5) is 24.5. The highest BCUT2D eigenvalue weighted by atomic mass is 32.1. The van der Waals surface area contributed by atoms with Gasteiger partial charge in [-0.2, -0.15) is 5.10 Å². The normalized spacial score (nSPS) is 16.6. The molecule has 3 heterocycles. The maximum absolute atomic E-state index is 12.1. The van der Waals surface area contributed by atoms with Crippen LogP contribution in [0.5, 0.6) is 0 Å². The number of nitrogens with zero attached hydrogens (tertiary/aromatic N) is 2. The van der Waals surface area contributed by atoms with Crippen molar-refractivity contribution in [3.8, 4) is 16.3 Å². The summed E-state index contributed by atoms with van der Waals surface area (Å²) < 4.78 is 11.7. The molecule has 1 aliphatic rings. The van der Waals surface area contributed by atoms with Gasteiger partial charge in [0.25, 0.3) is 0 Å². The van der Waals surface area contributed by atoms with Crippen molar-refractivity contribution in [3.05, 3.63) is 65.7 Å². The molecule has 6 nitrogen and oxygen atoms in total. The van der Waals surface area contributed by atoms with Gasteiger partial charge in [-0.15, -0.1) is 11.3 Å². The smallest absolute Gasteiger partial charge is 0.347 e. The number of hydrogen-bond donors (Lipinski definition) is 0. The number of thiophene rings is 1. The molecule has 0 bridgehead atoms. The fraction of sp³-hybridized carbons (Fsp3) is 0.150. The molecule has 1 aromatic carbocycles. The van der Waals surface area contributed by atoms with Crippen LogP contribution in [0, 0.1) is 0 Å². The van der Waals surface area contributed by atoms with Crippen molar-refractivity contribution in [2.75, 3.05) is 6.61 Å². The molecule has 1 saturated heterocycles. The van der Waals surface area contributed by atoms with Gasteiger partial charge in [0.15, 0.2) is 0 Å². The molecule has 0 aliphatic carbocycles. The zero-order chi connectivity index (χ0) is 18.6. The predicted molar refractivity (Wildman–Crippen MR) is 101 cm³/mol. The Morgan fingerprint density at radius 3 is 2.81 bits per heavy atom. The fourth-order valence-corrected chi connectivity index (χ4v) is 3.48. The molecule has 0 unspecified atom stereocenters. The molecule has 1 aliphatic heterocycles. The average molecular weight is 380 g/mol. The van der Waals surface area contributed by atoms with E-state index in [2.05, 4.69) is 5.10 Å². The van der Waals surface area contributed by atoms with Crippen LogP contribution in [0.15, 0.2) is 60.1 Å². The van der Waals surface area contributed by atoms with Crippen LogP contribution in [-0.2, 0) is 19.1 Å². The van der Waals surface area contributed by atoms with E-state index in [1.54, 1.807) is 22.1 Å². The first-order valence-corrected chi connectivity index (χ1v) is 9.33. The molecule has 7 heteroatoms. The van der Waals surface area contributed by atoms with Crippen molar-refractivity contribution >= 4 is 29.4 Å². The highest BCUT2D eigenvalue weighted by molar-refractivity contribution is 7.13. The molecule has 0 saturated carbocycles. The number of carbonyl (C=O) groups excluding carboxylic acids is 2. The minimum atomic E-state index is -0.814. The molecule has 1 atom stereocenters. The van der Waals surface area contributed by atoms with E-state index >= 15 is 0 Å². The third kappa shape index (κ3) is 3.83. The van der Waals surface area contributed by atoms with E-state index in [1.807, 2.05) is 54.0 Å². The molecule has 27 heavy (non-hydrogen) atoms. The Bertz CT molecular complexity index is 977. The average Bonchev–Trinajstić information content (AvgIpc) is 3.42. The van der Waals surface area contributed by atoms with E-state index < -0.39 is 18.0 Å². The van der Waals surface area contributed by atoms with Gasteiger partial charge >= 0.3 is 11.9 Å². The maximum Gasteiger partial charge on any atom is 0.347 e. The van der Waals surface area contributed by atoms with Gasteiger partial charge in [0.1, 0.15) is 5.69 Å². The Morgan fingerprint density at radius 1 is 1.26 bits per heavy atom. The van der Waals surface area contributed by atoms with Crippen molar-refractivity contribution in [1.29, 1.82) is 0 Å². The molecule has 136 valence electrons. The van der Waals surface area contributed by atoms with Crippen LogP contribution in [0.1, 0.15) is 12.0 Å². The number of para-hydroxylation sites is 1. The van der Waals surface area contributed by atoms with E-state index in [1.165, 1.54) is 6.08 Å². The van der Waals surface area contributed by atoms with E-state index in [9.17, 15) is 9.59 Å². The third-order valence-corrected chi connectivity index (χ3v) is 4.94. The van der Waals surface area contributed by atoms with Crippen molar-refractivity contribution < 1.29 is 19.1 Å². The van der Waals surface area contributed by atoms with Crippen LogP contribution in [0.25, 0.3) is 22.3 Å². The third-order valence-electron chi connectivity index (χ3n) is 4.06. The molecule has 0 spiro atoms. The summed E-state index contributed by atoms with van der Waals surface area (Å²) in [5.74, 6) is -1.07. The monoisotopic (exact) mass is 380 g/mol. The SMILES string of the molecule is O=C(/C=C/c1cn(-c2ccccc2)nc1-c1cccs1)O[C@@H]1CCOC1=O. The molecule has 2 aromatic heterocycles. The first-order valence-electron chi connectivity index (χ1n) is 8.45. The first-order chi connectivity index (χ1) is 13.2. The van der Waals surface area contributed by atoms with Gasteiger partial charge in [0.2, 0.25) is 6.10 Å². The van der Waals surface area contributed by atoms with Crippen LogP contribution in [0.4, 0.5) is 0 Å². The minimum absolute atomic E-state index is 0.285. The second-order valence-electron chi connectivity index (χ2n) is 5.91. The van der Waals surface area contributed by atoms with Crippen LogP contribution in [0.3, 0.4) is 0 Å². The summed E-state index contributed by atoms with van der Waals surface area (Å²) in [5.41, 5.74) is 2.48. The number of ether oxygens (including phenoxy) is 2. The van der Waals surface area contributed by atoms with Crippen LogP contribution < -0.4 is 0 Å². The van der Waals surface area contributed by atoms with Crippen molar-refractivity contribution in [2.45, 2.75) is 12.5 Å². The summed E-state index contributed by atoms with van der Waals surface area (Å²) in [6, 6.07) is 13.7. The molecule has 0 radical (unpaired) electrons. The lowest BCUT2D eigenvalue weighted by Crippen LogP contribution is -2.21. The maximum atomic E-state index is 12.1. The van der Waals surface area contributed by atoms with Crippen LogP contribution in [-0.4, -0.2) is 34.4 Å². The number of rotatable bonds is 5. The Balaban J connectivity index is 1.60. The van der Waals surface area contributed by atoms with Gasteiger partial charge in [-0.05, 0) is 29.7 Å². The fourth-order valence-electron chi connectivity index (χ4n) is 2.75. The van der Waals surface area contributed by atoms with Gasteiger partial charge in [-0.1, -0.05) is 24.3 Å². The Hall–Kier alpha value is -3.19. The minimum Gasteiger partial charge on any atom is -0.463 e. The Morgan fingerprint density at radius 2 is 2.11 bits per heavy atom. The number of carbonyl (C=O) groups is 2. The summed E-state index contributed by atoms with van der Waals surface area (Å²) in [5, 5.41) is 6.64. The molecule has 0 N–H and O–H groups in total. The van der Waals surface area contributed by atoms with Crippen molar-refractivity contribution in [1.82, 2.24) is 9.78 Å². The zero-order valence-electron chi connectivity index (χ0n) is 14.3. The zero-order valence-corrected chi connectivity index (χ0v) is 15.1. The van der Waals surface area contributed by atoms with Gasteiger partial charge in [0, 0.05) is 24.3 Å². The van der Waals surface area contributed by atoms with Crippen LogP contribution >= 0.6 is 11.3 Å². The van der Waals surface area contributed by atoms with E-state index in [0.29, 0.717) is 6.42 Å². The molecular formula is C20H16N2O4S.